The molecule has 4 aliphatic rings. The monoisotopic (exact) mass is 942 g/mol. The fraction of sp³-hybridized carbons (Fsp3) is 0.755. The standard InChI is InChI=1S/C53H83NO13/c1-33-16-12-11-13-17-35(3)45(62-8)31-41-21-19-39(7)53(61,67-41)50(58)51(59)54-23-15-14-18-42(54)52(60)66-46(37(5)29-40-20-22-44(65-25-24-55)47(30-40)63-9)32-43(56)36(4)27-34(2)28-48(64-10)49(57)38(6)26-33/h11-13,16-17,27,33,36-42,44-48,55,61H,14-15,18-26,28-32H2,1-10H3/b13-11+,16-12+,34-27+,35-17+/t33?,36?,37-,38?,39?,40+,41?,42?,44-,45?,46?,47-,48?,53?/m1/s1. The molecule has 0 spiro atoms. The number of ether oxygens (including phenoxy) is 6. The van der Waals surface area contributed by atoms with E-state index in [0.29, 0.717) is 57.8 Å². The molecule has 2 bridgehead atoms. The lowest BCUT2D eigenvalue weighted by Gasteiger charge is -2.42. The van der Waals surface area contributed by atoms with Gasteiger partial charge in [0.05, 0.1) is 37.6 Å². The van der Waals surface area contributed by atoms with Crippen molar-refractivity contribution in [2.45, 2.75) is 180 Å². The largest absolute Gasteiger partial charge is 0.460 e. The second kappa shape index (κ2) is 27.1. The SMILES string of the molecule is COC1C/C(C)=C/C(C)C(=O)CC([C@H](C)C[C@@H]2CC[C@@H](OCCO)[C@H](OC)C2)OC(=O)C2CCCCN2C(=O)C(=O)C2(O)OC(CCC2C)CC(OC)/C(C)=C/C=C/C=C/C(C)CC(C)C1=O. The van der Waals surface area contributed by atoms with Gasteiger partial charge in [-0.05, 0) is 101 Å². The average Bonchev–Trinajstić information content (AvgIpc) is 3.31. The van der Waals surface area contributed by atoms with E-state index < -0.39 is 65.7 Å². The maximum Gasteiger partial charge on any atom is 0.329 e. The van der Waals surface area contributed by atoms with Crippen LogP contribution in [-0.2, 0) is 52.4 Å². The highest BCUT2D eigenvalue weighted by Gasteiger charge is 2.53. The maximum atomic E-state index is 14.4. The number of nitrogens with zero attached hydrogens (tertiary/aromatic N) is 1. The third-order valence-corrected chi connectivity index (χ3v) is 14.7. The topological polar surface area (TPSA) is 184 Å². The molecule has 2 N–H and O–H groups in total. The average molecular weight is 942 g/mol. The zero-order valence-electron chi connectivity index (χ0n) is 42.1. The summed E-state index contributed by atoms with van der Waals surface area (Å²) in [6.07, 6.45) is 15.2. The van der Waals surface area contributed by atoms with E-state index in [2.05, 4.69) is 13.0 Å². The number of hydrogen-bond donors (Lipinski definition) is 2. The van der Waals surface area contributed by atoms with Gasteiger partial charge in [-0.3, -0.25) is 19.2 Å². The number of rotatable bonds is 9. The van der Waals surface area contributed by atoms with E-state index in [4.69, 9.17) is 28.4 Å². The van der Waals surface area contributed by atoms with E-state index >= 15 is 0 Å². The molecule has 67 heavy (non-hydrogen) atoms. The molecule has 1 aliphatic carbocycles. The first kappa shape index (κ1) is 56.2. The van der Waals surface area contributed by atoms with Gasteiger partial charge < -0.3 is 43.5 Å². The Morgan fingerprint density at radius 1 is 0.836 bits per heavy atom. The smallest absolute Gasteiger partial charge is 0.329 e. The molecule has 378 valence electrons. The van der Waals surface area contributed by atoms with E-state index in [1.54, 1.807) is 28.1 Å². The van der Waals surface area contributed by atoms with Crippen molar-refractivity contribution in [1.29, 1.82) is 0 Å². The highest BCUT2D eigenvalue weighted by molar-refractivity contribution is 6.39. The molecule has 3 aliphatic heterocycles. The zero-order valence-corrected chi connectivity index (χ0v) is 42.1. The molecular weight excluding hydrogens is 859 g/mol. The molecule has 3 heterocycles. The zero-order chi connectivity index (χ0) is 49.4. The van der Waals surface area contributed by atoms with Crippen LogP contribution in [0, 0.1) is 35.5 Å². The van der Waals surface area contributed by atoms with Crippen molar-refractivity contribution in [3.63, 3.8) is 0 Å². The van der Waals surface area contributed by atoms with Gasteiger partial charge in [0.1, 0.15) is 24.0 Å². The number of carbonyl (C=O) groups excluding carboxylic acids is 5. The van der Waals surface area contributed by atoms with Crippen LogP contribution in [0.2, 0.25) is 0 Å². The Hall–Kier alpha value is -3.37. The van der Waals surface area contributed by atoms with Crippen LogP contribution in [0.4, 0.5) is 0 Å². The molecule has 2 saturated heterocycles. The molecule has 10 unspecified atom stereocenters. The molecule has 14 atom stereocenters. The number of allylic oxidation sites excluding steroid dienone is 6. The van der Waals surface area contributed by atoms with E-state index in [0.717, 1.165) is 24.0 Å². The summed E-state index contributed by atoms with van der Waals surface area (Å²) < 4.78 is 35.8. The number of amides is 1. The Labute approximate surface area is 400 Å². The Morgan fingerprint density at radius 2 is 1.57 bits per heavy atom. The molecule has 0 aromatic heterocycles. The lowest BCUT2D eigenvalue weighted by Crippen LogP contribution is -2.61. The van der Waals surface area contributed by atoms with Gasteiger partial charge in [-0.25, -0.2) is 4.79 Å². The third-order valence-electron chi connectivity index (χ3n) is 14.7. The first-order valence-electron chi connectivity index (χ1n) is 24.9. The number of piperidine rings is 1. The number of Topliss-reactive ketones (excluding diaryl/α,β-unsaturated/α-hetero) is 3. The number of cyclic esters (lactones) is 1. The molecule has 0 radical (unpaired) electrons. The van der Waals surface area contributed by atoms with Gasteiger partial charge >= 0.3 is 5.97 Å². The van der Waals surface area contributed by atoms with Crippen LogP contribution in [0.1, 0.15) is 132 Å². The molecule has 0 aromatic carbocycles. The van der Waals surface area contributed by atoms with Gasteiger partial charge in [0.25, 0.3) is 11.7 Å². The second-order valence-electron chi connectivity index (χ2n) is 20.1. The van der Waals surface area contributed by atoms with Crippen LogP contribution < -0.4 is 0 Å². The maximum absolute atomic E-state index is 14.4. The number of aliphatic hydroxyl groups is 2. The lowest BCUT2D eigenvalue weighted by molar-refractivity contribution is -0.265. The van der Waals surface area contributed by atoms with E-state index in [1.165, 1.54) is 12.0 Å². The highest BCUT2D eigenvalue weighted by atomic mass is 16.6. The van der Waals surface area contributed by atoms with Crippen LogP contribution in [0.3, 0.4) is 0 Å². The molecule has 1 saturated carbocycles. The van der Waals surface area contributed by atoms with E-state index in [9.17, 15) is 34.2 Å². The quantitative estimate of drug-likeness (QED) is 0.134. The summed E-state index contributed by atoms with van der Waals surface area (Å²) in [6.45, 7) is 13.5. The van der Waals surface area contributed by atoms with Crippen molar-refractivity contribution < 1.29 is 62.6 Å². The van der Waals surface area contributed by atoms with Crippen molar-refractivity contribution >= 4 is 29.2 Å². The summed E-state index contributed by atoms with van der Waals surface area (Å²) in [6, 6.07) is -1.11. The molecule has 14 nitrogen and oxygen atoms in total. The molecule has 1 amide bonds. The highest BCUT2D eigenvalue weighted by Crippen LogP contribution is 2.38. The summed E-state index contributed by atoms with van der Waals surface area (Å²) in [5.41, 5.74) is 1.73. The summed E-state index contributed by atoms with van der Waals surface area (Å²) >= 11 is 0. The van der Waals surface area contributed by atoms with Crippen molar-refractivity contribution in [2.75, 3.05) is 41.1 Å². The number of aliphatic hydroxyl groups excluding tert-OH is 1. The van der Waals surface area contributed by atoms with Crippen LogP contribution in [-0.4, -0.2) is 134 Å². The summed E-state index contributed by atoms with van der Waals surface area (Å²) in [4.78, 5) is 72.1. The van der Waals surface area contributed by atoms with Crippen LogP contribution >= 0.6 is 0 Å². The van der Waals surface area contributed by atoms with Crippen molar-refractivity contribution in [3.8, 4) is 0 Å². The first-order chi connectivity index (χ1) is 31.9. The van der Waals surface area contributed by atoms with Crippen molar-refractivity contribution in [2.24, 2.45) is 35.5 Å². The van der Waals surface area contributed by atoms with Gasteiger partial charge in [0, 0.05) is 64.9 Å². The van der Waals surface area contributed by atoms with Crippen molar-refractivity contribution in [1.82, 2.24) is 4.90 Å². The summed E-state index contributed by atoms with van der Waals surface area (Å²) in [5, 5.41) is 21.3. The van der Waals surface area contributed by atoms with E-state index in [1.807, 2.05) is 58.1 Å². The molecule has 4 rings (SSSR count). The molecule has 3 fully saturated rings. The number of carbonyl (C=O) groups is 5. The fourth-order valence-electron chi connectivity index (χ4n) is 10.5. The minimum Gasteiger partial charge on any atom is -0.460 e. The number of ketones is 3. The molecular formula is C53H83NO13. The van der Waals surface area contributed by atoms with E-state index in [-0.39, 0.29) is 80.0 Å². The predicted molar refractivity (Wildman–Crippen MR) is 255 cm³/mol. The van der Waals surface area contributed by atoms with Crippen LogP contribution in [0.5, 0.6) is 0 Å². The van der Waals surface area contributed by atoms with Gasteiger partial charge in [0.2, 0.25) is 5.79 Å². The van der Waals surface area contributed by atoms with Gasteiger partial charge in [0.15, 0.2) is 5.78 Å². The lowest BCUT2D eigenvalue weighted by atomic mass is 9.78. The van der Waals surface area contributed by atoms with Crippen LogP contribution in [0.15, 0.2) is 47.6 Å². The summed E-state index contributed by atoms with van der Waals surface area (Å²) in [7, 11) is 4.77. The van der Waals surface area contributed by atoms with Gasteiger partial charge in [-0.15, -0.1) is 0 Å². The first-order valence-corrected chi connectivity index (χ1v) is 24.9. The predicted octanol–water partition coefficient (Wildman–Crippen LogP) is 7.23. The Kier molecular flexibility index (Phi) is 22.8. The Morgan fingerprint density at radius 3 is 2.25 bits per heavy atom. The number of esters is 1. The van der Waals surface area contributed by atoms with Crippen molar-refractivity contribution in [3.05, 3.63) is 47.6 Å². The normalized spacial score (nSPS) is 38.4. The Bertz CT molecular complexity index is 1770. The third kappa shape index (κ3) is 15.8. The van der Waals surface area contributed by atoms with Crippen LogP contribution in [0.25, 0.3) is 0 Å². The second-order valence-corrected chi connectivity index (χ2v) is 20.1. The minimum absolute atomic E-state index is 0.00423. The molecule has 0 aromatic rings. The number of hydrogen-bond acceptors (Lipinski definition) is 13. The van der Waals surface area contributed by atoms with Gasteiger partial charge in [-0.1, -0.05) is 76.6 Å². The van der Waals surface area contributed by atoms with Gasteiger partial charge in [-0.2, -0.15) is 0 Å². The minimum atomic E-state index is -2.41. The summed E-state index contributed by atoms with van der Waals surface area (Å²) in [5.74, 6) is -6.94. The number of methoxy groups -OCH3 is 3. The molecule has 14 heteroatoms. The fourth-order valence-corrected chi connectivity index (χ4v) is 10.5. The Balaban J connectivity index is 1.67. The number of fused-ring (bicyclic) bond motifs is 3.